The van der Waals surface area contributed by atoms with Gasteiger partial charge in [0.15, 0.2) is 15.9 Å². The summed E-state index contributed by atoms with van der Waals surface area (Å²) in [7, 11) is -3.26. The summed E-state index contributed by atoms with van der Waals surface area (Å²) in [6.45, 7) is 5.22. The number of hydrogen-bond donors (Lipinski definition) is 1. The van der Waals surface area contributed by atoms with Crippen LogP contribution in [0.3, 0.4) is 0 Å². The van der Waals surface area contributed by atoms with Crippen LogP contribution in [0.15, 0.2) is 60.0 Å². The molecule has 0 saturated carbocycles. The Morgan fingerprint density at radius 1 is 1.03 bits per heavy atom. The summed E-state index contributed by atoms with van der Waals surface area (Å²) in [6.07, 6.45) is 1.79. The maximum atomic E-state index is 12.8. The Kier molecular flexibility index (Phi) is 7.99. The number of carbonyl (C=O) groups excluding carboxylic acids is 2. The van der Waals surface area contributed by atoms with Crippen LogP contribution in [0.1, 0.15) is 43.5 Å². The number of sulfone groups is 1. The van der Waals surface area contributed by atoms with Gasteiger partial charge in [0.2, 0.25) is 0 Å². The van der Waals surface area contributed by atoms with Crippen LogP contribution in [0, 0.1) is 0 Å². The third kappa shape index (κ3) is 9.04. The normalized spacial score (nSPS) is 12.9. The summed E-state index contributed by atoms with van der Waals surface area (Å²) in [5, 5.41) is 3.64. The number of carbonyl (C=O) groups is 2. The van der Waals surface area contributed by atoms with E-state index in [9.17, 15) is 18.0 Å². The second kappa shape index (κ2) is 10.3. The van der Waals surface area contributed by atoms with E-state index in [1.807, 2.05) is 30.3 Å². The largest absolute Gasteiger partial charge is 0.459 e. The molecule has 1 atom stereocenters. The van der Waals surface area contributed by atoms with Crippen molar-refractivity contribution in [2.75, 3.05) is 6.26 Å². The number of nitrogens with one attached hydrogen (secondary N) is 1. The molecule has 0 aromatic heterocycles. The van der Waals surface area contributed by atoms with Gasteiger partial charge in [-0.25, -0.2) is 18.0 Å². The highest BCUT2D eigenvalue weighted by Crippen LogP contribution is 2.19. The lowest BCUT2D eigenvalue weighted by Gasteiger charge is -2.23. The highest BCUT2D eigenvalue weighted by atomic mass is 32.2. The van der Waals surface area contributed by atoms with E-state index in [-0.39, 0.29) is 6.61 Å². The molecule has 2 aromatic rings. The van der Waals surface area contributed by atoms with E-state index >= 15 is 0 Å². The molecule has 7 nitrogen and oxygen atoms in total. The van der Waals surface area contributed by atoms with E-state index in [2.05, 4.69) is 5.32 Å². The van der Waals surface area contributed by atoms with Gasteiger partial charge in [0.05, 0.1) is 0 Å². The van der Waals surface area contributed by atoms with E-state index < -0.39 is 33.5 Å². The Labute approximate surface area is 183 Å². The first kappa shape index (κ1) is 24.1. The zero-order valence-electron chi connectivity index (χ0n) is 18.0. The maximum absolute atomic E-state index is 12.8. The van der Waals surface area contributed by atoms with Crippen LogP contribution in [0.2, 0.25) is 0 Å². The molecule has 8 heteroatoms. The Morgan fingerprint density at radius 2 is 1.65 bits per heavy atom. The minimum atomic E-state index is -3.26. The van der Waals surface area contributed by atoms with Gasteiger partial charge in [0, 0.05) is 11.7 Å². The van der Waals surface area contributed by atoms with Crippen molar-refractivity contribution in [3.8, 4) is 0 Å². The summed E-state index contributed by atoms with van der Waals surface area (Å²) < 4.78 is 33.2. The van der Waals surface area contributed by atoms with Crippen molar-refractivity contribution < 1.29 is 27.5 Å². The minimum Gasteiger partial charge on any atom is -0.459 e. The van der Waals surface area contributed by atoms with Gasteiger partial charge in [0.1, 0.15) is 12.2 Å². The average Bonchev–Trinajstić information content (AvgIpc) is 2.68. The number of amides is 1. The Bertz CT molecular complexity index is 1020. The molecule has 0 aliphatic carbocycles. The summed E-state index contributed by atoms with van der Waals surface area (Å²) in [6, 6.07) is 14.6. The molecule has 166 valence electrons. The zero-order chi connectivity index (χ0) is 23.1. The van der Waals surface area contributed by atoms with Crippen molar-refractivity contribution in [1.82, 2.24) is 5.32 Å². The van der Waals surface area contributed by atoms with Gasteiger partial charge in [-0.3, -0.25) is 0 Å². The second-order valence-corrected chi connectivity index (χ2v) is 9.90. The van der Waals surface area contributed by atoms with E-state index in [1.165, 1.54) is 6.08 Å². The molecule has 0 bridgehead atoms. The van der Waals surface area contributed by atoms with Crippen LogP contribution in [0.5, 0.6) is 0 Å². The molecule has 1 unspecified atom stereocenters. The van der Waals surface area contributed by atoms with Crippen molar-refractivity contribution >= 4 is 28.0 Å². The monoisotopic (exact) mass is 445 g/mol. The molecule has 0 saturated heterocycles. The lowest BCUT2D eigenvalue weighted by molar-refractivity contribution is -0.147. The van der Waals surface area contributed by atoms with Crippen LogP contribution in [-0.2, 0) is 30.7 Å². The molecule has 0 radical (unpaired) electrons. The predicted molar refractivity (Wildman–Crippen MR) is 119 cm³/mol. The molecule has 0 spiro atoms. The molecule has 1 N–H and O–H groups in total. The van der Waals surface area contributed by atoms with Crippen molar-refractivity contribution in [2.24, 2.45) is 0 Å². The van der Waals surface area contributed by atoms with Crippen molar-refractivity contribution in [3.63, 3.8) is 0 Å². The topological polar surface area (TPSA) is 98.8 Å². The van der Waals surface area contributed by atoms with Gasteiger partial charge >= 0.3 is 12.1 Å². The van der Waals surface area contributed by atoms with Crippen LogP contribution in [-0.4, -0.2) is 32.3 Å². The van der Waals surface area contributed by atoms with Crippen LogP contribution in [0.25, 0.3) is 6.08 Å². The van der Waals surface area contributed by atoms with E-state index in [4.69, 9.17) is 9.47 Å². The predicted octanol–water partition coefficient (Wildman–Crippen LogP) is 4.01. The number of ether oxygens (including phenoxy) is 2. The fourth-order valence-corrected chi connectivity index (χ4v) is 2.92. The Hall–Kier alpha value is -3.13. The first-order chi connectivity index (χ1) is 14.4. The summed E-state index contributed by atoms with van der Waals surface area (Å²) in [5.74, 6) is -0.644. The van der Waals surface area contributed by atoms with Crippen LogP contribution < -0.4 is 5.32 Å². The van der Waals surface area contributed by atoms with Crippen molar-refractivity contribution in [3.05, 3.63) is 76.7 Å². The standard InChI is InChI=1S/C23H27NO6S/c1-23(2,3)30-22(26)24-20(21(25)29-16-18-8-6-5-7-9-18)19-12-10-17(11-13-19)14-15-31(4,27)28/h5-15,20H,16H2,1-4H3,(H,24,26). The van der Waals surface area contributed by atoms with Gasteiger partial charge in [-0.15, -0.1) is 0 Å². The number of rotatable bonds is 7. The van der Waals surface area contributed by atoms with Gasteiger partial charge in [-0.05, 0) is 43.5 Å². The van der Waals surface area contributed by atoms with E-state index in [0.717, 1.165) is 17.2 Å². The first-order valence-electron chi connectivity index (χ1n) is 9.61. The molecule has 0 aliphatic heterocycles. The lowest BCUT2D eigenvalue weighted by Crippen LogP contribution is -2.38. The van der Waals surface area contributed by atoms with E-state index in [1.54, 1.807) is 45.0 Å². The molecular formula is C23H27NO6S. The Balaban J connectivity index is 2.20. The van der Waals surface area contributed by atoms with Gasteiger partial charge < -0.3 is 14.8 Å². The third-order valence-corrected chi connectivity index (χ3v) is 4.53. The highest BCUT2D eigenvalue weighted by Gasteiger charge is 2.27. The van der Waals surface area contributed by atoms with Gasteiger partial charge in [-0.1, -0.05) is 54.6 Å². The lowest BCUT2D eigenvalue weighted by atomic mass is 10.0. The van der Waals surface area contributed by atoms with Gasteiger partial charge in [0.25, 0.3) is 0 Å². The van der Waals surface area contributed by atoms with E-state index in [0.29, 0.717) is 11.1 Å². The number of hydrogen-bond acceptors (Lipinski definition) is 6. The maximum Gasteiger partial charge on any atom is 0.408 e. The molecule has 2 aromatic carbocycles. The smallest absolute Gasteiger partial charge is 0.408 e. The molecule has 0 aliphatic rings. The molecule has 0 fully saturated rings. The summed E-state index contributed by atoms with van der Waals surface area (Å²) in [5.41, 5.74) is 1.18. The third-order valence-electron chi connectivity index (χ3n) is 3.90. The highest BCUT2D eigenvalue weighted by molar-refractivity contribution is 7.93. The molecule has 2 rings (SSSR count). The Morgan fingerprint density at radius 3 is 2.19 bits per heavy atom. The van der Waals surface area contributed by atoms with Crippen molar-refractivity contribution in [1.29, 1.82) is 0 Å². The molecule has 31 heavy (non-hydrogen) atoms. The SMILES string of the molecule is CC(C)(C)OC(=O)NC(C(=O)OCc1ccccc1)c1ccc(C=CS(C)(=O)=O)cc1. The van der Waals surface area contributed by atoms with Crippen LogP contribution >= 0.6 is 0 Å². The fourth-order valence-electron chi connectivity index (χ4n) is 2.52. The average molecular weight is 446 g/mol. The first-order valence-corrected chi connectivity index (χ1v) is 11.6. The van der Waals surface area contributed by atoms with Gasteiger partial charge in [-0.2, -0.15) is 0 Å². The number of alkyl carbamates (subject to hydrolysis) is 1. The number of benzene rings is 2. The molecule has 1 amide bonds. The van der Waals surface area contributed by atoms with Crippen LogP contribution in [0.4, 0.5) is 4.79 Å². The molecule has 0 heterocycles. The van der Waals surface area contributed by atoms with Crippen molar-refractivity contribution in [2.45, 2.75) is 39.0 Å². The quantitative estimate of drug-likeness (QED) is 0.647. The summed E-state index contributed by atoms with van der Waals surface area (Å²) in [4.78, 5) is 25.1. The fraction of sp³-hybridized carbons (Fsp3) is 0.304. The zero-order valence-corrected chi connectivity index (χ0v) is 18.8. The second-order valence-electron chi connectivity index (χ2n) is 7.97. The molecular weight excluding hydrogens is 418 g/mol. The number of esters is 1. The minimum absolute atomic E-state index is 0.0569. The summed E-state index contributed by atoms with van der Waals surface area (Å²) >= 11 is 0.